The van der Waals surface area contributed by atoms with Crippen molar-refractivity contribution in [2.75, 3.05) is 0 Å². The highest BCUT2D eigenvalue weighted by atomic mass is 16.6. The zero-order chi connectivity index (χ0) is 23.0. The zero-order valence-corrected chi connectivity index (χ0v) is 17.0. The number of aromatic hydroxyl groups is 1. The highest BCUT2D eigenvalue weighted by molar-refractivity contribution is 5.89. The summed E-state index contributed by atoms with van der Waals surface area (Å²) in [4.78, 5) is 29.3. The first-order chi connectivity index (χ1) is 15.2. The molecule has 0 spiro atoms. The number of aliphatic imine (C=N–C) groups is 1. The number of oxazole rings is 1. The van der Waals surface area contributed by atoms with E-state index >= 15 is 0 Å². The van der Waals surface area contributed by atoms with Crippen LogP contribution in [0.2, 0.25) is 0 Å². The third kappa shape index (κ3) is 3.88. The zero-order valence-electron chi connectivity index (χ0n) is 17.0. The number of benzene rings is 3. The van der Waals surface area contributed by atoms with Crippen LogP contribution in [-0.2, 0) is 0 Å². The SMILES string of the molecule is Cc1ccc2oc(-c3ccc(N=Cc4cc([N+](=O)[O-])cc([N+](=O)[O-])c4O)c(C)c3)nc2c1. The lowest BCUT2D eigenvalue weighted by atomic mass is 10.1. The molecule has 0 fully saturated rings. The third-order valence-corrected chi connectivity index (χ3v) is 4.84. The van der Waals surface area contributed by atoms with E-state index in [0.29, 0.717) is 23.2 Å². The minimum atomic E-state index is -0.887. The van der Waals surface area contributed by atoms with Gasteiger partial charge in [0, 0.05) is 23.4 Å². The van der Waals surface area contributed by atoms with Crippen molar-refractivity contribution in [3.63, 3.8) is 0 Å². The second-order valence-corrected chi connectivity index (χ2v) is 7.17. The smallest absolute Gasteiger partial charge is 0.318 e. The van der Waals surface area contributed by atoms with Gasteiger partial charge < -0.3 is 9.52 Å². The Kier molecular flexibility index (Phi) is 5.11. The van der Waals surface area contributed by atoms with Crippen molar-refractivity contribution in [3.8, 4) is 17.2 Å². The Bertz CT molecular complexity index is 1420. The molecule has 0 saturated heterocycles. The molecule has 1 N–H and O–H groups in total. The molecule has 10 heteroatoms. The van der Waals surface area contributed by atoms with Crippen LogP contribution < -0.4 is 0 Å². The first-order valence-corrected chi connectivity index (χ1v) is 9.41. The molecule has 0 aliphatic carbocycles. The van der Waals surface area contributed by atoms with Crippen molar-refractivity contribution in [2.45, 2.75) is 13.8 Å². The number of rotatable bonds is 5. The average Bonchev–Trinajstić information content (AvgIpc) is 3.16. The normalized spacial score (nSPS) is 11.3. The largest absolute Gasteiger partial charge is 0.502 e. The maximum absolute atomic E-state index is 11.1. The molecule has 0 amide bonds. The number of fused-ring (bicyclic) bond motifs is 1. The number of hydrogen-bond acceptors (Lipinski definition) is 8. The fourth-order valence-electron chi connectivity index (χ4n) is 3.20. The van der Waals surface area contributed by atoms with Crippen LogP contribution in [0.1, 0.15) is 16.7 Å². The van der Waals surface area contributed by atoms with Crippen LogP contribution in [0.3, 0.4) is 0 Å². The molecular weight excluding hydrogens is 416 g/mol. The molecule has 10 nitrogen and oxygen atoms in total. The standard InChI is InChI=1S/C22H16N4O6/c1-12-3-6-20-18(7-12)24-22(32-20)14-4-5-17(13(2)8-14)23-11-15-9-16(25(28)29)10-19(21(15)27)26(30)31/h3-11,27H,1-2H3. The van der Waals surface area contributed by atoms with E-state index < -0.39 is 27.0 Å². The average molecular weight is 432 g/mol. The van der Waals surface area contributed by atoms with Crippen molar-refractivity contribution in [1.82, 2.24) is 4.98 Å². The van der Waals surface area contributed by atoms with Crippen molar-refractivity contribution < 1.29 is 19.4 Å². The second kappa shape index (κ2) is 7.91. The first kappa shape index (κ1) is 20.7. The number of hydrogen-bond donors (Lipinski definition) is 1. The lowest BCUT2D eigenvalue weighted by Gasteiger charge is -2.04. The molecule has 0 atom stereocenters. The lowest BCUT2D eigenvalue weighted by Crippen LogP contribution is -1.96. The highest BCUT2D eigenvalue weighted by Gasteiger charge is 2.23. The molecule has 0 saturated carbocycles. The predicted octanol–water partition coefficient (Wildman–Crippen LogP) is 5.38. The number of nitro benzene ring substituents is 2. The van der Waals surface area contributed by atoms with E-state index in [1.165, 1.54) is 0 Å². The maximum Gasteiger partial charge on any atom is 0.318 e. The molecule has 32 heavy (non-hydrogen) atoms. The molecule has 0 bridgehead atoms. The molecule has 3 aromatic carbocycles. The molecular formula is C22H16N4O6. The van der Waals surface area contributed by atoms with Crippen molar-refractivity contribution >= 4 is 34.4 Å². The van der Waals surface area contributed by atoms with Gasteiger partial charge in [0.25, 0.3) is 5.69 Å². The van der Waals surface area contributed by atoms with Gasteiger partial charge >= 0.3 is 5.69 Å². The maximum atomic E-state index is 11.1. The summed E-state index contributed by atoms with van der Waals surface area (Å²) in [7, 11) is 0. The van der Waals surface area contributed by atoms with Crippen LogP contribution in [0.25, 0.3) is 22.6 Å². The number of nitrogens with zero attached hydrogens (tertiary/aromatic N) is 4. The van der Waals surface area contributed by atoms with Gasteiger partial charge in [0.2, 0.25) is 11.6 Å². The van der Waals surface area contributed by atoms with Crippen LogP contribution in [0.15, 0.2) is 57.9 Å². The molecule has 4 aromatic rings. The Morgan fingerprint density at radius 2 is 1.81 bits per heavy atom. The quantitative estimate of drug-likeness (QED) is 0.253. The fourth-order valence-corrected chi connectivity index (χ4v) is 3.20. The monoisotopic (exact) mass is 432 g/mol. The molecule has 0 aliphatic heterocycles. The van der Waals surface area contributed by atoms with E-state index in [1.807, 2.05) is 31.2 Å². The van der Waals surface area contributed by atoms with Crippen molar-refractivity contribution in [1.29, 1.82) is 0 Å². The Labute approximate surface area is 180 Å². The topological polar surface area (TPSA) is 145 Å². The van der Waals surface area contributed by atoms with Crippen LogP contribution in [0.5, 0.6) is 5.75 Å². The number of phenols is 1. The van der Waals surface area contributed by atoms with Crippen LogP contribution in [0.4, 0.5) is 17.1 Å². The Morgan fingerprint density at radius 3 is 2.50 bits per heavy atom. The van der Waals surface area contributed by atoms with Crippen LogP contribution in [0, 0.1) is 34.1 Å². The van der Waals surface area contributed by atoms with Crippen molar-refractivity contribution in [3.05, 3.63) is 85.4 Å². The summed E-state index contributed by atoms with van der Waals surface area (Å²) in [5.41, 5.74) is 3.07. The molecule has 0 radical (unpaired) electrons. The van der Waals surface area contributed by atoms with E-state index in [9.17, 15) is 25.3 Å². The van der Waals surface area contributed by atoms with Gasteiger partial charge in [-0.25, -0.2) is 4.98 Å². The van der Waals surface area contributed by atoms with Gasteiger partial charge in [0.1, 0.15) is 5.52 Å². The summed E-state index contributed by atoms with van der Waals surface area (Å²) in [6, 6.07) is 12.7. The van der Waals surface area contributed by atoms with E-state index in [2.05, 4.69) is 9.98 Å². The number of aromatic nitrogens is 1. The molecule has 0 aliphatic rings. The Hall–Kier alpha value is -4.60. The summed E-state index contributed by atoms with van der Waals surface area (Å²) in [6.45, 7) is 3.78. The summed E-state index contributed by atoms with van der Waals surface area (Å²) in [5.74, 6) is -0.239. The van der Waals surface area contributed by atoms with Crippen LogP contribution >= 0.6 is 0 Å². The fraction of sp³-hybridized carbons (Fsp3) is 0.0909. The van der Waals surface area contributed by atoms with Crippen LogP contribution in [-0.4, -0.2) is 26.2 Å². The van der Waals surface area contributed by atoms with E-state index in [4.69, 9.17) is 4.42 Å². The van der Waals surface area contributed by atoms with Gasteiger partial charge in [-0.1, -0.05) is 6.07 Å². The minimum Gasteiger partial charge on any atom is -0.502 e. The lowest BCUT2D eigenvalue weighted by molar-refractivity contribution is -0.394. The van der Waals surface area contributed by atoms with Gasteiger partial charge in [-0.05, 0) is 55.3 Å². The third-order valence-electron chi connectivity index (χ3n) is 4.84. The van der Waals surface area contributed by atoms with Gasteiger partial charge in [-0.2, -0.15) is 0 Å². The molecule has 1 heterocycles. The van der Waals surface area contributed by atoms with Gasteiger partial charge in [-0.3, -0.25) is 25.2 Å². The second-order valence-electron chi connectivity index (χ2n) is 7.17. The van der Waals surface area contributed by atoms with E-state index in [1.54, 1.807) is 19.1 Å². The molecule has 160 valence electrons. The van der Waals surface area contributed by atoms with Gasteiger partial charge in [-0.15, -0.1) is 0 Å². The highest BCUT2D eigenvalue weighted by Crippen LogP contribution is 2.34. The molecule has 0 unspecified atom stereocenters. The minimum absolute atomic E-state index is 0.135. The van der Waals surface area contributed by atoms with Gasteiger partial charge in [0.05, 0.1) is 21.6 Å². The Morgan fingerprint density at radius 1 is 1.03 bits per heavy atom. The molecule has 1 aromatic heterocycles. The van der Waals surface area contributed by atoms with E-state index in [-0.39, 0.29) is 5.56 Å². The summed E-state index contributed by atoms with van der Waals surface area (Å²) in [5, 5.41) is 32.3. The number of phenolic OH excluding ortho intramolecular Hbond substituents is 1. The first-order valence-electron chi connectivity index (χ1n) is 9.41. The Balaban J connectivity index is 1.68. The summed E-state index contributed by atoms with van der Waals surface area (Å²) in [6.07, 6.45) is 1.15. The van der Waals surface area contributed by atoms with Gasteiger partial charge in [0.15, 0.2) is 5.58 Å². The van der Waals surface area contributed by atoms with E-state index in [0.717, 1.165) is 34.5 Å². The number of nitro groups is 2. The summed E-state index contributed by atoms with van der Waals surface area (Å²) >= 11 is 0. The van der Waals surface area contributed by atoms with Crippen molar-refractivity contribution in [2.24, 2.45) is 4.99 Å². The predicted molar refractivity (Wildman–Crippen MR) is 118 cm³/mol. The summed E-state index contributed by atoms with van der Waals surface area (Å²) < 4.78 is 5.81. The number of non-ortho nitro benzene ring substituents is 1. The molecule has 4 rings (SSSR count). The number of aryl methyl sites for hydroxylation is 2.